The lowest BCUT2D eigenvalue weighted by molar-refractivity contribution is 0.281. The van der Waals surface area contributed by atoms with Gasteiger partial charge in [0, 0.05) is 11.7 Å². The Morgan fingerprint density at radius 1 is 1.21 bits per heavy atom. The molecule has 0 spiro atoms. The van der Waals surface area contributed by atoms with Crippen molar-refractivity contribution in [1.82, 2.24) is 0 Å². The first kappa shape index (κ1) is 13.1. The van der Waals surface area contributed by atoms with E-state index in [1.165, 1.54) is 0 Å². The highest BCUT2D eigenvalue weighted by atomic mass is 16.3. The van der Waals surface area contributed by atoms with Gasteiger partial charge in [0.05, 0.1) is 18.2 Å². The molecule has 0 saturated carbocycles. The topological polar surface area (TPSA) is 56.0 Å². The second kappa shape index (κ2) is 6.03. The number of hydrogen-bond acceptors (Lipinski definition) is 3. The molecule has 0 aliphatic heterocycles. The summed E-state index contributed by atoms with van der Waals surface area (Å²) in [5, 5.41) is 21.4. The van der Waals surface area contributed by atoms with Crippen LogP contribution in [0.1, 0.15) is 29.7 Å². The molecule has 1 atom stereocenters. The summed E-state index contributed by atoms with van der Waals surface area (Å²) < 4.78 is 0. The molecule has 0 aromatic heterocycles. The zero-order valence-electron chi connectivity index (χ0n) is 10.8. The van der Waals surface area contributed by atoms with Gasteiger partial charge in [-0.2, -0.15) is 5.26 Å². The van der Waals surface area contributed by atoms with E-state index >= 15 is 0 Å². The molecule has 96 valence electrons. The number of aliphatic hydroxyl groups excluding tert-OH is 1. The molecule has 0 aliphatic rings. The Bertz CT molecular complexity index is 602. The molecular formula is C16H16N2O. The molecule has 0 amide bonds. The quantitative estimate of drug-likeness (QED) is 0.878. The van der Waals surface area contributed by atoms with Crippen molar-refractivity contribution in [3.05, 3.63) is 65.2 Å². The predicted molar refractivity (Wildman–Crippen MR) is 75.6 cm³/mol. The number of nitriles is 1. The third kappa shape index (κ3) is 3.34. The van der Waals surface area contributed by atoms with Crippen LogP contribution in [0.15, 0.2) is 48.5 Å². The van der Waals surface area contributed by atoms with Crippen LogP contribution in [0.3, 0.4) is 0 Å². The van der Waals surface area contributed by atoms with Crippen LogP contribution in [-0.2, 0) is 6.61 Å². The molecule has 0 saturated heterocycles. The highest BCUT2D eigenvalue weighted by molar-refractivity contribution is 5.50. The minimum atomic E-state index is 0.0461. The van der Waals surface area contributed by atoms with Crippen LogP contribution in [-0.4, -0.2) is 5.11 Å². The molecule has 2 aromatic carbocycles. The summed E-state index contributed by atoms with van der Waals surface area (Å²) in [6, 6.07) is 17.5. The van der Waals surface area contributed by atoms with Crippen molar-refractivity contribution in [2.45, 2.75) is 19.6 Å². The minimum Gasteiger partial charge on any atom is -0.392 e. The van der Waals surface area contributed by atoms with Gasteiger partial charge in [-0.3, -0.25) is 0 Å². The molecule has 3 nitrogen and oxygen atoms in total. The zero-order chi connectivity index (χ0) is 13.7. The number of rotatable bonds is 4. The Labute approximate surface area is 113 Å². The summed E-state index contributed by atoms with van der Waals surface area (Å²) in [6.45, 7) is 2.10. The van der Waals surface area contributed by atoms with Crippen LogP contribution in [0, 0.1) is 11.3 Å². The van der Waals surface area contributed by atoms with Crippen molar-refractivity contribution >= 4 is 5.69 Å². The van der Waals surface area contributed by atoms with E-state index in [1.807, 2.05) is 42.5 Å². The number of hydrogen-bond donors (Lipinski definition) is 2. The maximum Gasteiger partial charge on any atom is 0.0992 e. The fourth-order valence-electron chi connectivity index (χ4n) is 1.97. The second-order valence-electron chi connectivity index (χ2n) is 4.46. The van der Waals surface area contributed by atoms with Crippen molar-refractivity contribution in [1.29, 1.82) is 5.26 Å². The van der Waals surface area contributed by atoms with E-state index in [2.05, 4.69) is 18.3 Å². The van der Waals surface area contributed by atoms with E-state index in [0.717, 1.165) is 16.8 Å². The molecule has 0 heterocycles. The lowest BCUT2D eigenvalue weighted by Gasteiger charge is -2.16. The summed E-state index contributed by atoms with van der Waals surface area (Å²) in [4.78, 5) is 0. The Morgan fingerprint density at radius 2 is 2.00 bits per heavy atom. The lowest BCUT2D eigenvalue weighted by Crippen LogP contribution is -2.07. The molecule has 3 heteroatoms. The first-order valence-corrected chi connectivity index (χ1v) is 6.19. The maximum atomic E-state index is 9.15. The van der Waals surface area contributed by atoms with Crippen LogP contribution in [0.2, 0.25) is 0 Å². The van der Waals surface area contributed by atoms with Gasteiger partial charge < -0.3 is 10.4 Å². The van der Waals surface area contributed by atoms with Gasteiger partial charge >= 0.3 is 0 Å². The first-order chi connectivity index (χ1) is 9.22. The predicted octanol–water partition coefficient (Wildman–Crippen LogP) is 3.22. The van der Waals surface area contributed by atoms with Crippen molar-refractivity contribution in [3.63, 3.8) is 0 Å². The van der Waals surface area contributed by atoms with Crippen LogP contribution in [0.5, 0.6) is 0 Å². The fourth-order valence-corrected chi connectivity index (χ4v) is 1.97. The molecule has 2 rings (SSSR count). The number of aliphatic hydroxyl groups is 1. The average Bonchev–Trinajstić information content (AvgIpc) is 2.47. The third-order valence-corrected chi connectivity index (χ3v) is 3.01. The number of nitrogens with zero attached hydrogens (tertiary/aromatic N) is 1. The fraction of sp³-hybridized carbons (Fsp3) is 0.188. The Morgan fingerprint density at radius 3 is 2.74 bits per heavy atom. The summed E-state index contributed by atoms with van der Waals surface area (Å²) in [5.74, 6) is 0. The van der Waals surface area contributed by atoms with Crippen LogP contribution in [0.25, 0.3) is 0 Å². The van der Waals surface area contributed by atoms with Gasteiger partial charge in [-0.1, -0.05) is 30.3 Å². The summed E-state index contributed by atoms with van der Waals surface area (Å²) in [7, 11) is 0. The number of nitrogens with one attached hydrogen (secondary N) is 1. The first-order valence-electron chi connectivity index (χ1n) is 6.19. The molecule has 2 aromatic rings. The lowest BCUT2D eigenvalue weighted by atomic mass is 10.0. The third-order valence-electron chi connectivity index (χ3n) is 3.01. The van der Waals surface area contributed by atoms with Gasteiger partial charge in [0.1, 0.15) is 0 Å². The molecule has 0 aliphatic carbocycles. The zero-order valence-corrected chi connectivity index (χ0v) is 10.8. The normalized spacial score (nSPS) is 11.6. The minimum absolute atomic E-state index is 0.0461. The summed E-state index contributed by atoms with van der Waals surface area (Å²) in [5.41, 5.74) is 3.56. The van der Waals surface area contributed by atoms with Gasteiger partial charge in [0.25, 0.3) is 0 Å². The van der Waals surface area contributed by atoms with E-state index < -0.39 is 0 Å². The molecule has 0 fully saturated rings. The van der Waals surface area contributed by atoms with Crippen molar-refractivity contribution in [3.8, 4) is 6.07 Å². The molecule has 19 heavy (non-hydrogen) atoms. The van der Waals surface area contributed by atoms with Gasteiger partial charge in [-0.25, -0.2) is 0 Å². The van der Waals surface area contributed by atoms with E-state index in [4.69, 9.17) is 10.4 Å². The van der Waals surface area contributed by atoms with Crippen molar-refractivity contribution < 1.29 is 5.11 Å². The Hall–Kier alpha value is -2.31. The van der Waals surface area contributed by atoms with Crippen LogP contribution in [0.4, 0.5) is 5.69 Å². The summed E-state index contributed by atoms with van der Waals surface area (Å²) >= 11 is 0. The van der Waals surface area contributed by atoms with Crippen LogP contribution < -0.4 is 5.32 Å². The standard InChI is InChI=1S/C16H16N2O/c1-12(15-6-2-5-14(8-15)11-19)18-16-7-3-4-13(9-16)10-17/h2-9,12,18-19H,11H2,1H3. The molecule has 0 bridgehead atoms. The molecule has 1 unspecified atom stereocenters. The molecular weight excluding hydrogens is 236 g/mol. The summed E-state index contributed by atoms with van der Waals surface area (Å²) in [6.07, 6.45) is 0. The van der Waals surface area contributed by atoms with Crippen molar-refractivity contribution in [2.75, 3.05) is 5.32 Å². The molecule has 2 N–H and O–H groups in total. The monoisotopic (exact) mass is 252 g/mol. The number of anilines is 1. The highest BCUT2D eigenvalue weighted by Gasteiger charge is 2.06. The SMILES string of the molecule is CC(Nc1cccc(C#N)c1)c1cccc(CO)c1. The Kier molecular flexibility index (Phi) is 4.17. The van der Waals surface area contributed by atoms with Crippen molar-refractivity contribution in [2.24, 2.45) is 0 Å². The smallest absolute Gasteiger partial charge is 0.0992 e. The van der Waals surface area contributed by atoms with Gasteiger partial charge in [-0.15, -0.1) is 0 Å². The van der Waals surface area contributed by atoms with Gasteiger partial charge in [0.2, 0.25) is 0 Å². The largest absolute Gasteiger partial charge is 0.392 e. The molecule has 0 radical (unpaired) electrons. The highest BCUT2D eigenvalue weighted by Crippen LogP contribution is 2.20. The second-order valence-corrected chi connectivity index (χ2v) is 4.46. The average molecular weight is 252 g/mol. The van der Waals surface area contributed by atoms with Gasteiger partial charge in [-0.05, 0) is 36.2 Å². The maximum absolute atomic E-state index is 9.15. The Balaban J connectivity index is 2.15. The van der Waals surface area contributed by atoms with E-state index in [-0.39, 0.29) is 12.6 Å². The number of benzene rings is 2. The van der Waals surface area contributed by atoms with E-state index in [9.17, 15) is 0 Å². The van der Waals surface area contributed by atoms with E-state index in [1.54, 1.807) is 6.07 Å². The van der Waals surface area contributed by atoms with E-state index in [0.29, 0.717) is 5.56 Å². The van der Waals surface area contributed by atoms with Crippen LogP contribution >= 0.6 is 0 Å². The van der Waals surface area contributed by atoms with Gasteiger partial charge in [0.15, 0.2) is 0 Å².